The number of carbonyl (C=O) groups is 1. The number of nitrogens with two attached hydrogens (primary N) is 1. The molecule has 0 bridgehead atoms. The molecule has 0 amide bonds. The third-order valence-corrected chi connectivity index (χ3v) is 2.60. The Hall–Kier alpha value is -1.44. The van der Waals surface area contributed by atoms with Gasteiger partial charge in [0.2, 0.25) is 0 Å². The number of esters is 1. The van der Waals surface area contributed by atoms with Gasteiger partial charge in [0, 0.05) is 0 Å². The summed E-state index contributed by atoms with van der Waals surface area (Å²) in [7, 11) is -4.42. The van der Waals surface area contributed by atoms with E-state index in [1.807, 2.05) is 0 Å². The van der Waals surface area contributed by atoms with Gasteiger partial charge in [-0.25, -0.2) is 4.79 Å². The van der Waals surface area contributed by atoms with Crippen LogP contribution in [0.2, 0.25) is 0 Å². The lowest BCUT2D eigenvalue weighted by Gasteiger charge is -2.09. The standard InChI is InChI=1S/C9H11NO5S/c1-6(10)9(11)15-7-4-2-3-5-8(7)16(12,13)14/h2-6H,10H2,1H3,(H,12,13,14)/t6-/m0/s1. The van der Waals surface area contributed by atoms with Crippen molar-refractivity contribution < 1.29 is 22.5 Å². The van der Waals surface area contributed by atoms with Crippen molar-refractivity contribution in [2.45, 2.75) is 17.9 Å². The average Bonchev–Trinajstić information content (AvgIpc) is 2.16. The smallest absolute Gasteiger partial charge is 0.328 e. The average molecular weight is 245 g/mol. The lowest BCUT2D eigenvalue weighted by molar-refractivity contribution is -0.135. The molecular weight excluding hydrogens is 234 g/mol. The quantitative estimate of drug-likeness (QED) is 0.447. The summed E-state index contributed by atoms with van der Waals surface area (Å²) >= 11 is 0. The molecule has 0 saturated heterocycles. The van der Waals surface area contributed by atoms with E-state index in [2.05, 4.69) is 0 Å². The minimum atomic E-state index is -4.42. The van der Waals surface area contributed by atoms with Crippen LogP contribution in [0.4, 0.5) is 0 Å². The van der Waals surface area contributed by atoms with E-state index in [0.717, 1.165) is 6.07 Å². The Kier molecular flexibility index (Phi) is 3.63. The van der Waals surface area contributed by atoms with Crippen molar-refractivity contribution in [2.24, 2.45) is 5.73 Å². The lowest BCUT2D eigenvalue weighted by Crippen LogP contribution is -2.31. The van der Waals surface area contributed by atoms with Gasteiger partial charge in [-0.15, -0.1) is 0 Å². The summed E-state index contributed by atoms with van der Waals surface area (Å²) in [5.74, 6) is -1.02. The monoisotopic (exact) mass is 245 g/mol. The van der Waals surface area contributed by atoms with Crippen LogP contribution in [0.3, 0.4) is 0 Å². The summed E-state index contributed by atoms with van der Waals surface area (Å²) in [6, 6.07) is 4.36. The normalized spacial score (nSPS) is 13.2. The molecular formula is C9H11NO5S. The summed E-state index contributed by atoms with van der Waals surface area (Å²) < 4.78 is 35.5. The van der Waals surface area contributed by atoms with Crippen LogP contribution in [0.25, 0.3) is 0 Å². The molecule has 0 aliphatic carbocycles. The molecule has 0 unspecified atom stereocenters. The Labute approximate surface area is 92.8 Å². The highest BCUT2D eigenvalue weighted by atomic mass is 32.2. The van der Waals surface area contributed by atoms with Gasteiger partial charge in [-0.05, 0) is 19.1 Å². The molecule has 3 N–H and O–H groups in total. The van der Waals surface area contributed by atoms with Crippen LogP contribution >= 0.6 is 0 Å². The molecule has 0 heterocycles. The van der Waals surface area contributed by atoms with Crippen molar-refractivity contribution in [3.05, 3.63) is 24.3 Å². The number of carbonyl (C=O) groups excluding carboxylic acids is 1. The van der Waals surface area contributed by atoms with E-state index in [0.29, 0.717) is 0 Å². The molecule has 6 nitrogen and oxygen atoms in total. The van der Waals surface area contributed by atoms with Crippen molar-refractivity contribution in [1.29, 1.82) is 0 Å². The van der Waals surface area contributed by atoms with Gasteiger partial charge in [0.05, 0.1) is 0 Å². The Bertz CT molecular complexity index is 494. The predicted molar refractivity (Wildman–Crippen MR) is 55.5 cm³/mol. The summed E-state index contributed by atoms with van der Waals surface area (Å²) in [6.45, 7) is 1.40. The number of para-hydroxylation sites is 1. The van der Waals surface area contributed by atoms with Gasteiger partial charge in [0.1, 0.15) is 10.9 Å². The van der Waals surface area contributed by atoms with Crippen LogP contribution in [-0.2, 0) is 14.9 Å². The summed E-state index contributed by atoms with van der Waals surface area (Å²) in [5, 5.41) is 0. The van der Waals surface area contributed by atoms with Crippen LogP contribution in [0, 0.1) is 0 Å². The highest BCUT2D eigenvalue weighted by Crippen LogP contribution is 2.23. The number of rotatable bonds is 3. The first-order valence-corrected chi connectivity index (χ1v) is 5.80. The van der Waals surface area contributed by atoms with E-state index in [-0.39, 0.29) is 5.75 Å². The third-order valence-electron chi connectivity index (χ3n) is 1.71. The Balaban J connectivity index is 3.11. The summed E-state index contributed by atoms with van der Waals surface area (Å²) in [5.41, 5.74) is 5.26. The molecule has 16 heavy (non-hydrogen) atoms. The Morgan fingerprint density at radius 3 is 2.50 bits per heavy atom. The second-order valence-corrected chi connectivity index (χ2v) is 4.52. The van der Waals surface area contributed by atoms with Gasteiger partial charge in [-0.2, -0.15) is 8.42 Å². The van der Waals surface area contributed by atoms with Gasteiger partial charge >= 0.3 is 5.97 Å². The van der Waals surface area contributed by atoms with Crippen LogP contribution < -0.4 is 10.5 Å². The topological polar surface area (TPSA) is 107 Å². The van der Waals surface area contributed by atoms with Gasteiger partial charge < -0.3 is 10.5 Å². The van der Waals surface area contributed by atoms with E-state index in [1.54, 1.807) is 0 Å². The molecule has 0 radical (unpaired) electrons. The molecule has 0 aliphatic heterocycles. The summed E-state index contributed by atoms with van der Waals surface area (Å²) in [6.07, 6.45) is 0. The van der Waals surface area contributed by atoms with Crippen molar-refractivity contribution in [3.63, 3.8) is 0 Å². The van der Waals surface area contributed by atoms with E-state index in [9.17, 15) is 13.2 Å². The van der Waals surface area contributed by atoms with Crippen LogP contribution in [0.1, 0.15) is 6.92 Å². The molecule has 7 heteroatoms. The zero-order valence-electron chi connectivity index (χ0n) is 8.45. The van der Waals surface area contributed by atoms with Gasteiger partial charge in [0.15, 0.2) is 5.75 Å². The number of hydrogen-bond donors (Lipinski definition) is 2. The van der Waals surface area contributed by atoms with E-state index in [4.69, 9.17) is 15.0 Å². The second kappa shape index (κ2) is 4.60. The minimum absolute atomic E-state index is 0.243. The molecule has 0 aliphatic rings. The molecule has 0 saturated carbocycles. The van der Waals surface area contributed by atoms with Gasteiger partial charge in [-0.3, -0.25) is 4.55 Å². The van der Waals surface area contributed by atoms with Crippen LogP contribution in [0.15, 0.2) is 29.2 Å². The summed E-state index contributed by atoms with van der Waals surface area (Å²) in [4.78, 5) is 10.7. The fourth-order valence-corrected chi connectivity index (χ4v) is 1.56. The molecule has 0 fully saturated rings. The molecule has 0 spiro atoms. The van der Waals surface area contributed by atoms with Crippen molar-refractivity contribution >= 4 is 16.1 Å². The van der Waals surface area contributed by atoms with Crippen LogP contribution in [0.5, 0.6) is 5.75 Å². The number of hydrogen-bond acceptors (Lipinski definition) is 5. The maximum atomic E-state index is 11.2. The maximum absolute atomic E-state index is 11.2. The minimum Gasteiger partial charge on any atom is -0.424 e. The molecule has 1 atom stereocenters. The van der Waals surface area contributed by atoms with Crippen molar-refractivity contribution in [2.75, 3.05) is 0 Å². The largest absolute Gasteiger partial charge is 0.424 e. The second-order valence-electron chi connectivity index (χ2n) is 3.13. The molecule has 88 valence electrons. The van der Waals surface area contributed by atoms with Crippen LogP contribution in [-0.4, -0.2) is 25.0 Å². The fourth-order valence-electron chi connectivity index (χ4n) is 0.949. The first kappa shape index (κ1) is 12.6. The van der Waals surface area contributed by atoms with Crippen molar-refractivity contribution in [3.8, 4) is 5.75 Å². The lowest BCUT2D eigenvalue weighted by atomic mass is 10.3. The highest BCUT2D eigenvalue weighted by molar-refractivity contribution is 7.86. The zero-order chi connectivity index (χ0) is 12.3. The molecule has 1 aromatic carbocycles. The van der Waals surface area contributed by atoms with E-state index < -0.39 is 27.0 Å². The fraction of sp³-hybridized carbons (Fsp3) is 0.222. The van der Waals surface area contributed by atoms with E-state index >= 15 is 0 Å². The number of benzene rings is 1. The highest BCUT2D eigenvalue weighted by Gasteiger charge is 2.19. The van der Waals surface area contributed by atoms with E-state index in [1.165, 1.54) is 25.1 Å². The number of ether oxygens (including phenoxy) is 1. The SMILES string of the molecule is C[C@H](N)C(=O)Oc1ccccc1S(=O)(=O)O. The van der Waals surface area contributed by atoms with Crippen molar-refractivity contribution in [1.82, 2.24) is 0 Å². The Morgan fingerprint density at radius 1 is 1.44 bits per heavy atom. The predicted octanol–water partition coefficient (Wildman–Crippen LogP) is 0.186. The maximum Gasteiger partial charge on any atom is 0.328 e. The van der Waals surface area contributed by atoms with Gasteiger partial charge in [0.25, 0.3) is 10.1 Å². The third kappa shape index (κ3) is 3.02. The first-order chi connectivity index (χ1) is 7.32. The van der Waals surface area contributed by atoms with Gasteiger partial charge in [-0.1, -0.05) is 12.1 Å². The Morgan fingerprint density at radius 2 is 2.00 bits per heavy atom. The molecule has 0 aromatic heterocycles. The zero-order valence-corrected chi connectivity index (χ0v) is 9.27. The molecule has 1 rings (SSSR count). The first-order valence-electron chi connectivity index (χ1n) is 4.36. The molecule has 1 aromatic rings.